The first-order valence-corrected chi connectivity index (χ1v) is 7.88. The molecule has 18 heavy (non-hydrogen) atoms. The Balaban J connectivity index is 4.97. The summed E-state index contributed by atoms with van der Waals surface area (Å²) in [5, 5.41) is -1.31. The van der Waals surface area contributed by atoms with E-state index in [1.807, 2.05) is 0 Å². The van der Waals surface area contributed by atoms with E-state index in [1.165, 1.54) is 13.8 Å². The van der Waals surface area contributed by atoms with E-state index in [9.17, 15) is 18.9 Å². The minimum atomic E-state index is -4.74. The summed E-state index contributed by atoms with van der Waals surface area (Å²) in [5.41, 5.74) is 0. The number of hydrogen-bond donors (Lipinski definition) is 2. The fraction of sp³-hybridized carbons (Fsp3) is 0.625. The van der Waals surface area contributed by atoms with Crippen LogP contribution in [0.1, 0.15) is 13.8 Å². The first-order chi connectivity index (χ1) is 8.22. The standard InChI is InChI=1S/C8H13O8PS/c1-3-15-6(9)5(7(10)16-4-2)8(11)18-17(12,13)14/h5H,3-4H2,1-2H3,(H2,12,13,14). The van der Waals surface area contributed by atoms with E-state index in [-0.39, 0.29) is 13.2 Å². The molecule has 2 N–H and O–H groups in total. The van der Waals surface area contributed by atoms with Gasteiger partial charge in [-0.15, -0.1) is 0 Å². The monoisotopic (exact) mass is 300 g/mol. The predicted molar refractivity (Wildman–Crippen MR) is 61.4 cm³/mol. The van der Waals surface area contributed by atoms with Crippen LogP contribution in [0.15, 0.2) is 0 Å². The van der Waals surface area contributed by atoms with Crippen LogP contribution in [-0.4, -0.2) is 40.1 Å². The molecule has 0 atom stereocenters. The Hall–Kier alpha value is -0.890. The minimum absolute atomic E-state index is 0.0808. The normalized spacial score (nSPS) is 11.2. The van der Waals surface area contributed by atoms with Gasteiger partial charge in [-0.3, -0.25) is 14.4 Å². The van der Waals surface area contributed by atoms with E-state index < -0.39 is 41.2 Å². The maximum atomic E-state index is 11.5. The van der Waals surface area contributed by atoms with Crippen molar-refractivity contribution in [1.29, 1.82) is 0 Å². The van der Waals surface area contributed by atoms with Crippen LogP contribution in [0.25, 0.3) is 0 Å². The number of rotatable bonds is 6. The Morgan fingerprint density at radius 3 is 1.78 bits per heavy atom. The molecule has 0 aliphatic rings. The van der Waals surface area contributed by atoms with Crippen LogP contribution in [-0.2, 0) is 28.4 Å². The Labute approximate surface area is 107 Å². The third-order valence-electron chi connectivity index (χ3n) is 1.49. The number of carbonyl (C=O) groups excluding carboxylic acids is 3. The molecule has 0 aromatic carbocycles. The van der Waals surface area contributed by atoms with E-state index in [1.54, 1.807) is 0 Å². The first kappa shape index (κ1) is 17.1. The smallest absolute Gasteiger partial charge is 0.391 e. The van der Waals surface area contributed by atoms with Gasteiger partial charge in [0.15, 0.2) is 0 Å². The molecule has 0 heterocycles. The number of ether oxygens (including phenoxy) is 2. The second kappa shape index (κ2) is 7.52. The molecule has 0 unspecified atom stereocenters. The highest BCUT2D eigenvalue weighted by Gasteiger charge is 2.40. The lowest BCUT2D eigenvalue weighted by Crippen LogP contribution is -2.33. The molecule has 0 fully saturated rings. The summed E-state index contributed by atoms with van der Waals surface area (Å²) < 4.78 is 19.6. The maximum absolute atomic E-state index is 11.5. The van der Waals surface area contributed by atoms with Crippen LogP contribution in [0, 0.1) is 5.92 Å². The molecular formula is C8H13O8PS. The van der Waals surface area contributed by atoms with Crippen LogP contribution in [0.5, 0.6) is 0 Å². The average Bonchev–Trinajstić information content (AvgIpc) is 2.15. The summed E-state index contributed by atoms with van der Waals surface area (Å²) in [6.45, 7) is -1.98. The summed E-state index contributed by atoms with van der Waals surface area (Å²) in [6.07, 6.45) is 0. The maximum Gasteiger partial charge on any atom is 0.391 e. The molecule has 0 spiro atoms. The second-order valence-electron chi connectivity index (χ2n) is 2.84. The highest BCUT2D eigenvalue weighted by Crippen LogP contribution is 2.51. The van der Waals surface area contributed by atoms with Gasteiger partial charge in [-0.1, -0.05) is 0 Å². The quantitative estimate of drug-likeness (QED) is 0.398. The van der Waals surface area contributed by atoms with Gasteiger partial charge in [0, 0.05) is 11.4 Å². The van der Waals surface area contributed by atoms with Gasteiger partial charge in [0.25, 0.3) is 0 Å². The summed E-state index contributed by atoms with van der Waals surface area (Å²) in [6, 6.07) is 0. The zero-order valence-corrected chi connectivity index (χ0v) is 11.4. The number of esters is 2. The van der Waals surface area contributed by atoms with Gasteiger partial charge in [-0.05, 0) is 13.8 Å². The molecule has 0 amide bonds. The van der Waals surface area contributed by atoms with Gasteiger partial charge in [0.1, 0.15) is 0 Å². The van der Waals surface area contributed by atoms with Crippen LogP contribution >= 0.6 is 18.2 Å². The van der Waals surface area contributed by atoms with Crippen LogP contribution in [0.3, 0.4) is 0 Å². The molecule has 0 saturated heterocycles. The van der Waals surface area contributed by atoms with Crippen molar-refractivity contribution in [2.24, 2.45) is 5.92 Å². The second-order valence-corrected chi connectivity index (χ2v) is 6.38. The molecular weight excluding hydrogens is 287 g/mol. The van der Waals surface area contributed by atoms with Crippen molar-refractivity contribution in [1.82, 2.24) is 0 Å². The van der Waals surface area contributed by atoms with Crippen molar-refractivity contribution in [3.05, 3.63) is 0 Å². The largest absolute Gasteiger partial charge is 0.465 e. The molecule has 10 heteroatoms. The molecule has 0 aliphatic carbocycles. The topological polar surface area (TPSA) is 127 Å². The molecule has 0 saturated carbocycles. The molecule has 0 bridgehead atoms. The van der Waals surface area contributed by atoms with E-state index in [2.05, 4.69) is 9.47 Å². The highest BCUT2D eigenvalue weighted by molar-refractivity contribution is 8.62. The summed E-state index contributed by atoms with van der Waals surface area (Å²) in [7, 11) is 0. The fourth-order valence-corrected chi connectivity index (χ4v) is 2.46. The van der Waals surface area contributed by atoms with Crippen molar-refractivity contribution in [2.75, 3.05) is 13.2 Å². The molecule has 0 radical (unpaired) electrons. The van der Waals surface area contributed by atoms with Gasteiger partial charge in [0.05, 0.1) is 13.2 Å². The van der Waals surface area contributed by atoms with E-state index in [0.29, 0.717) is 0 Å². The van der Waals surface area contributed by atoms with Gasteiger partial charge in [0.2, 0.25) is 11.0 Å². The highest BCUT2D eigenvalue weighted by atomic mass is 32.7. The van der Waals surface area contributed by atoms with Crippen LogP contribution in [0.2, 0.25) is 0 Å². The van der Waals surface area contributed by atoms with Crippen molar-refractivity contribution in [2.45, 2.75) is 13.8 Å². The van der Waals surface area contributed by atoms with Crippen LogP contribution < -0.4 is 0 Å². The third kappa shape index (κ3) is 6.15. The molecule has 0 rings (SSSR count). The average molecular weight is 300 g/mol. The van der Waals surface area contributed by atoms with E-state index in [0.717, 1.165) is 0 Å². The number of hydrogen-bond acceptors (Lipinski definition) is 7. The van der Waals surface area contributed by atoms with Gasteiger partial charge < -0.3 is 19.3 Å². The van der Waals surface area contributed by atoms with E-state index >= 15 is 0 Å². The van der Waals surface area contributed by atoms with Gasteiger partial charge in [-0.2, -0.15) is 0 Å². The minimum Gasteiger partial charge on any atom is -0.465 e. The van der Waals surface area contributed by atoms with Crippen molar-refractivity contribution in [3.63, 3.8) is 0 Å². The summed E-state index contributed by atoms with van der Waals surface area (Å²) in [4.78, 5) is 51.4. The molecule has 104 valence electrons. The van der Waals surface area contributed by atoms with Crippen molar-refractivity contribution >= 4 is 35.2 Å². The third-order valence-corrected chi connectivity index (χ3v) is 3.40. The molecule has 8 nitrogen and oxygen atoms in total. The van der Waals surface area contributed by atoms with Gasteiger partial charge in [-0.25, -0.2) is 4.57 Å². The Morgan fingerprint density at radius 2 is 1.50 bits per heavy atom. The first-order valence-electron chi connectivity index (χ1n) is 4.85. The lowest BCUT2D eigenvalue weighted by Gasteiger charge is -2.12. The van der Waals surface area contributed by atoms with Crippen LogP contribution in [0.4, 0.5) is 0 Å². The Morgan fingerprint density at radius 1 is 1.11 bits per heavy atom. The summed E-state index contributed by atoms with van der Waals surface area (Å²) >= 11 is -0.401. The molecule has 0 aromatic rings. The van der Waals surface area contributed by atoms with Crippen molar-refractivity contribution < 1.29 is 38.2 Å². The number of carbonyl (C=O) groups is 3. The predicted octanol–water partition coefficient (Wildman–Crippen LogP) is 0.0813. The Kier molecular flexibility index (Phi) is 7.15. The molecule has 0 aromatic heterocycles. The molecule has 0 aliphatic heterocycles. The fourth-order valence-electron chi connectivity index (χ4n) is 0.910. The summed E-state index contributed by atoms with van der Waals surface area (Å²) in [5.74, 6) is -4.37. The van der Waals surface area contributed by atoms with E-state index in [4.69, 9.17) is 9.79 Å². The lowest BCUT2D eigenvalue weighted by molar-refractivity contribution is -0.162. The zero-order chi connectivity index (χ0) is 14.3. The zero-order valence-electron chi connectivity index (χ0n) is 9.69. The van der Waals surface area contributed by atoms with Crippen molar-refractivity contribution in [3.8, 4) is 0 Å². The van der Waals surface area contributed by atoms with Gasteiger partial charge >= 0.3 is 18.7 Å². The Bertz CT molecular complexity index is 357. The lowest BCUT2D eigenvalue weighted by atomic mass is 10.2. The SMILES string of the molecule is CCOC(=O)C(C(=O)OCC)C(=O)SP(=O)(O)O.